The summed E-state index contributed by atoms with van der Waals surface area (Å²) in [7, 11) is 0. The molecule has 1 saturated carbocycles. The van der Waals surface area contributed by atoms with Crippen LogP contribution in [0.15, 0.2) is 12.5 Å². The van der Waals surface area contributed by atoms with Crippen LogP contribution in [0, 0.1) is 18.8 Å². The molecule has 0 N–H and O–H groups in total. The van der Waals surface area contributed by atoms with E-state index >= 15 is 0 Å². The average molecular weight is 319 g/mol. The molecule has 2 aromatic heterocycles. The van der Waals surface area contributed by atoms with Gasteiger partial charge in [0.1, 0.15) is 5.01 Å². The molecule has 1 fully saturated rings. The molecule has 1 atom stereocenters. The fourth-order valence-corrected chi connectivity index (χ4v) is 3.60. The molecule has 1 aliphatic carbocycles. The van der Waals surface area contributed by atoms with Crippen molar-refractivity contribution in [1.29, 1.82) is 0 Å². The first-order chi connectivity index (χ1) is 10.8. The van der Waals surface area contributed by atoms with Gasteiger partial charge in [0.05, 0.1) is 25.2 Å². The molecule has 1 unspecified atom stereocenters. The maximum atomic E-state index is 5.94. The lowest BCUT2D eigenvalue weighted by Crippen LogP contribution is -2.30. The van der Waals surface area contributed by atoms with E-state index in [-0.39, 0.29) is 0 Å². The summed E-state index contributed by atoms with van der Waals surface area (Å²) in [6, 6.07) is 0. The Bertz CT molecular complexity index is 635. The molecular weight excluding hydrogens is 298 g/mol. The number of nitrogens with zero attached hydrogens (tertiary/aromatic N) is 5. The summed E-state index contributed by atoms with van der Waals surface area (Å²) < 4.78 is 8.19. The molecule has 4 rings (SSSR count). The lowest BCUT2D eigenvalue weighted by atomic mass is 10.1. The second-order valence-corrected chi connectivity index (χ2v) is 7.53. The summed E-state index contributed by atoms with van der Waals surface area (Å²) in [5, 5.41) is 10.5. The number of hydrogen-bond donors (Lipinski definition) is 0. The number of rotatable bonds is 5. The van der Waals surface area contributed by atoms with Gasteiger partial charge in [-0.1, -0.05) is 11.3 Å². The van der Waals surface area contributed by atoms with E-state index in [2.05, 4.69) is 24.6 Å². The van der Waals surface area contributed by atoms with E-state index in [0.717, 1.165) is 48.9 Å². The van der Waals surface area contributed by atoms with Crippen LogP contribution in [0.2, 0.25) is 0 Å². The van der Waals surface area contributed by atoms with Crippen molar-refractivity contribution in [1.82, 2.24) is 19.7 Å². The number of aromatic nitrogens is 4. The summed E-state index contributed by atoms with van der Waals surface area (Å²) in [5.74, 6) is 1.27. The molecule has 6 nitrogen and oxygen atoms in total. The van der Waals surface area contributed by atoms with Crippen LogP contribution in [0.3, 0.4) is 0 Å². The van der Waals surface area contributed by atoms with E-state index in [4.69, 9.17) is 4.74 Å². The molecule has 0 saturated heterocycles. The zero-order valence-electron chi connectivity index (χ0n) is 12.8. The van der Waals surface area contributed by atoms with Gasteiger partial charge in [0, 0.05) is 31.8 Å². The van der Waals surface area contributed by atoms with Gasteiger partial charge in [0.25, 0.3) is 0 Å². The molecule has 3 heterocycles. The smallest absolute Gasteiger partial charge is 0.208 e. The van der Waals surface area contributed by atoms with Gasteiger partial charge < -0.3 is 14.2 Å². The van der Waals surface area contributed by atoms with Gasteiger partial charge >= 0.3 is 0 Å². The number of aryl methyl sites for hydroxylation is 1. The van der Waals surface area contributed by atoms with Crippen LogP contribution in [0.5, 0.6) is 0 Å². The first-order valence-corrected chi connectivity index (χ1v) is 8.71. The van der Waals surface area contributed by atoms with Gasteiger partial charge in [-0.2, -0.15) is 0 Å². The van der Waals surface area contributed by atoms with Gasteiger partial charge in [-0.05, 0) is 25.7 Å². The Hall–Kier alpha value is -1.47. The Morgan fingerprint density at radius 3 is 2.86 bits per heavy atom. The molecule has 0 radical (unpaired) electrons. The molecule has 2 aliphatic rings. The fraction of sp³-hybridized carbons (Fsp3) is 0.667. The Labute approximate surface area is 134 Å². The number of fused-ring (bicyclic) bond motifs is 1. The van der Waals surface area contributed by atoms with Crippen LogP contribution in [0.1, 0.15) is 23.5 Å². The third kappa shape index (κ3) is 3.15. The lowest BCUT2D eigenvalue weighted by molar-refractivity contribution is 0.0883. The monoisotopic (exact) mass is 319 g/mol. The highest BCUT2D eigenvalue weighted by Crippen LogP contribution is 2.29. The summed E-state index contributed by atoms with van der Waals surface area (Å²) >= 11 is 1.65. The van der Waals surface area contributed by atoms with E-state index in [0.29, 0.717) is 5.92 Å². The molecule has 0 amide bonds. The maximum absolute atomic E-state index is 5.94. The quantitative estimate of drug-likeness (QED) is 0.845. The Morgan fingerprint density at radius 1 is 1.23 bits per heavy atom. The van der Waals surface area contributed by atoms with Gasteiger partial charge in [0.2, 0.25) is 5.13 Å². The molecule has 2 aromatic rings. The maximum Gasteiger partial charge on any atom is 0.208 e. The van der Waals surface area contributed by atoms with E-state index in [1.54, 1.807) is 11.3 Å². The first-order valence-electron chi connectivity index (χ1n) is 7.90. The second kappa shape index (κ2) is 5.96. The van der Waals surface area contributed by atoms with Crippen LogP contribution in [-0.4, -0.2) is 39.5 Å². The van der Waals surface area contributed by atoms with Crippen LogP contribution in [-0.2, 0) is 17.8 Å². The third-order valence-corrected chi connectivity index (χ3v) is 5.17. The van der Waals surface area contributed by atoms with Crippen LogP contribution >= 0.6 is 11.3 Å². The highest BCUT2D eigenvalue weighted by atomic mass is 32.1. The summed E-state index contributed by atoms with van der Waals surface area (Å²) in [4.78, 5) is 6.61. The zero-order chi connectivity index (χ0) is 14.9. The molecule has 0 spiro atoms. The van der Waals surface area contributed by atoms with E-state index in [9.17, 15) is 0 Å². The molecule has 1 aliphatic heterocycles. The number of ether oxygens (including phenoxy) is 1. The van der Waals surface area contributed by atoms with E-state index < -0.39 is 0 Å². The van der Waals surface area contributed by atoms with Crippen molar-refractivity contribution in [2.24, 2.45) is 11.8 Å². The minimum absolute atomic E-state index is 0.457. The number of imidazole rings is 1. The Kier molecular flexibility index (Phi) is 3.83. The fourth-order valence-electron chi connectivity index (χ4n) is 2.90. The lowest BCUT2D eigenvalue weighted by Gasteiger charge is -2.23. The van der Waals surface area contributed by atoms with Crippen LogP contribution < -0.4 is 4.90 Å². The minimum Gasteiger partial charge on any atom is -0.381 e. The van der Waals surface area contributed by atoms with Crippen molar-refractivity contribution < 1.29 is 4.74 Å². The highest BCUT2D eigenvalue weighted by Gasteiger charge is 2.26. The summed E-state index contributed by atoms with van der Waals surface area (Å²) in [6.45, 7) is 6.50. The largest absolute Gasteiger partial charge is 0.381 e. The highest BCUT2D eigenvalue weighted by molar-refractivity contribution is 7.15. The Morgan fingerprint density at radius 2 is 2.09 bits per heavy atom. The average Bonchev–Trinajstić information content (AvgIpc) is 3.12. The van der Waals surface area contributed by atoms with Crippen molar-refractivity contribution in [3.05, 3.63) is 23.2 Å². The molecule has 0 bridgehead atoms. The van der Waals surface area contributed by atoms with E-state index in [1.165, 1.54) is 18.5 Å². The molecule has 0 aromatic carbocycles. The van der Waals surface area contributed by atoms with Crippen LogP contribution in [0.25, 0.3) is 0 Å². The van der Waals surface area contributed by atoms with Crippen molar-refractivity contribution in [3.8, 4) is 0 Å². The molecule has 118 valence electrons. The van der Waals surface area contributed by atoms with Gasteiger partial charge in [-0.3, -0.25) is 0 Å². The minimum atomic E-state index is 0.457. The second-order valence-electron chi connectivity index (χ2n) is 6.37. The SMILES string of the molecule is Cc1nnc(N2Cc3cncn3CC(COCC3CC3)C2)s1. The predicted octanol–water partition coefficient (Wildman–Crippen LogP) is 2.11. The van der Waals surface area contributed by atoms with Crippen molar-refractivity contribution in [3.63, 3.8) is 0 Å². The molecule has 22 heavy (non-hydrogen) atoms. The van der Waals surface area contributed by atoms with Gasteiger partial charge in [-0.25, -0.2) is 4.98 Å². The number of hydrogen-bond acceptors (Lipinski definition) is 6. The summed E-state index contributed by atoms with van der Waals surface area (Å²) in [6.07, 6.45) is 6.56. The number of anilines is 1. The summed E-state index contributed by atoms with van der Waals surface area (Å²) in [5.41, 5.74) is 1.23. The molecular formula is C15H21N5OS. The van der Waals surface area contributed by atoms with E-state index in [1.807, 2.05) is 19.4 Å². The van der Waals surface area contributed by atoms with Crippen LogP contribution in [0.4, 0.5) is 5.13 Å². The van der Waals surface area contributed by atoms with Gasteiger partial charge in [0.15, 0.2) is 0 Å². The van der Waals surface area contributed by atoms with Crippen molar-refractivity contribution in [2.45, 2.75) is 32.9 Å². The third-order valence-electron chi connectivity index (χ3n) is 4.27. The standard InChI is InChI=1S/C15H21N5OS/c1-11-17-18-15(22-11)19-5-13(9-21-8-12-2-3-12)6-20-10-16-4-14(20)7-19/h4,10,12-13H,2-3,5-9H2,1H3. The normalized spacial score (nSPS) is 21.7. The van der Waals surface area contributed by atoms with Crippen molar-refractivity contribution in [2.75, 3.05) is 24.7 Å². The Balaban J connectivity index is 1.49. The predicted molar refractivity (Wildman–Crippen MR) is 85.0 cm³/mol. The van der Waals surface area contributed by atoms with Gasteiger partial charge in [-0.15, -0.1) is 10.2 Å². The first kappa shape index (κ1) is 14.1. The zero-order valence-corrected chi connectivity index (χ0v) is 13.6. The molecule has 7 heteroatoms. The van der Waals surface area contributed by atoms with Crippen molar-refractivity contribution >= 4 is 16.5 Å². The topological polar surface area (TPSA) is 56.1 Å².